The molecule has 21 nitrogen and oxygen atoms in total. The summed E-state index contributed by atoms with van der Waals surface area (Å²) in [5.74, 6) is -1.45. The molecule has 0 unspecified atom stereocenters. The van der Waals surface area contributed by atoms with Crippen molar-refractivity contribution in [3.8, 4) is 17.0 Å². The molecular weight excluding hydrogens is 1060 g/mol. The van der Waals surface area contributed by atoms with Crippen molar-refractivity contribution in [2.24, 2.45) is 11.8 Å². The highest BCUT2D eigenvalue weighted by atomic mass is 19.1. The molecule has 3 fully saturated rings. The zero-order chi connectivity index (χ0) is 60.4. The van der Waals surface area contributed by atoms with E-state index >= 15 is 4.39 Å². The van der Waals surface area contributed by atoms with Gasteiger partial charge in [0, 0.05) is 89.2 Å². The Labute approximate surface area is 485 Å². The van der Waals surface area contributed by atoms with Gasteiger partial charge in [0.1, 0.15) is 48.8 Å². The van der Waals surface area contributed by atoms with Gasteiger partial charge < -0.3 is 78.1 Å². The summed E-state index contributed by atoms with van der Waals surface area (Å²) in [7, 11) is 10.8. The summed E-state index contributed by atoms with van der Waals surface area (Å²) in [6.45, 7) is 17.2. The standard InChI is InChI=1S/C60H98FN7O14/c1-16-48-60(9,74)54(70)39(5)67(13)34-36(2)30-58(7,73)49(29-47(38(4)56(72)81-48)80-51-31-59(8,76-15)55(71)40(6)79-51)82-57-52(69)45(28-37(3)78-57)66(12)26-24-44-35-68(64-63-44)46(32-61)53(75-14)42-20-18-41(19-21-42)43-22-23-50(62-33-43)77-27-17-25-65(10)11/h18-23,33,35-40,45-49,51-55,57,69-71,73-74H,16-17,24-32,34H2,1-15H3/t36-,37-,38-,39-,40+,45+,46-,47+,48-,49-,51+,52-,53-,54-,55+,57+,58-,59-,60-/m1/s1. The minimum atomic E-state index is -1.85. The molecule has 0 amide bonds. The summed E-state index contributed by atoms with van der Waals surface area (Å²) in [4.78, 5) is 24.9. The molecule has 22 heteroatoms. The van der Waals surface area contributed by atoms with E-state index < -0.39 is 121 Å². The molecule has 0 radical (unpaired) electrons. The van der Waals surface area contributed by atoms with Gasteiger partial charge in [-0.05, 0) is 125 Å². The molecular formula is C60H98FN7O14. The molecule has 5 N–H and O–H groups in total. The van der Waals surface area contributed by atoms with Crippen LogP contribution in [-0.2, 0) is 44.4 Å². The maximum Gasteiger partial charge on any atom is 0.311 e. The van der Waals surface area contributed by atoms with Crippen molar-refractivity contribution in [1.29, 1.82) is 0 Å². The first kappa shape index (κ1) is 67.3. The topological polar surface area (TPSA) is 245 Å². The van der Waals surface area contributed by atoms with E-state index in [2.05, 4.69) is 20.2 Å². The number of cyclic esters (lactones) is 1. The fourth-order valence-corrected chi connectivity index (χ4v) is 12.0. The largest absolute Gasteiger partial charge is 0.478 e. The predicted octanol–water partition coefficient (Wildman–Crippen LogP) is 5.15. The first-order chi connectivity index (χ1) is 38.7. The number of ether oxygens (including phenoxy) is 8. The van der Waals surface area contributed by atoms with Crippen LogP contribution in [0.25, 0.3) is 11.1 Å². The van der Waals surface area contributed by atoms with Gasteiger partial charge in [-0.1, -0.05) is 43.3 Å². The molecule has 464 valence electrons. The number of pyridine rings is 1. The fourth-order valence-electron chi connectivity index (χ4n) is 12.0. The van der Waals surface area contributed by atoms with Gasteiger partial charge in [-0.2, -0.15) is 0 Å². The first-order valence-electron chi connectivity index (χ1n) is 29.3. The molecule has 0 spiro atoms. The molecule has 3 saturated heterocycles. The van der Waals surface area contributed by atoms with E-state index in [1.54, 1.807) is 61.0 Å². The van der Waals surface area contributed by atoms with Crippen molar-refractivity contribution in [1.82, 2.24) is 34.7 Å². The summed E-state index contributed by atoms with van der Waals surface area (Å²) in [6, 6.07) is 9.64. The maximum atomic E-state index is 15.1. The number of aliphatic hydroxyl groups is 5. The molecule has 19 atom stereocenters. The molecule has 5 heterocycles. The number of rotatable bonds is 21. The summed E-state index contributed by atoms with van der Waals surface area (Å²) in [5, 5.41) is 68.5. The second-order valence-corrected chi connectivity index (χ2v) is 24.5. The lowest BCUT2D eigenvalue weighted by molar-refractivity contribution is -0.308. The van der Waals surface area contributed by atoms with Gasteiger partial charge in [0.25, 0.3) is 0 Å². The average molecular weight is 1160 g/mol. The Balaban J connectivity index is 1.19. The third-order valence-electron chi connectivity index (χ3n) is 17.4. The van der Waals surface area contributed by atoms with Gasteiger partial charge in [-0.3, -0.25) is 4.79 Å². The zero-order valence-electron chi connectivity index (χ0n) is 51.3. The quantitative estimate of drug-likeness (QED) is 0.0684. The van der Waals surface area contributed by atoms with Crippen molar-refractivity contribution in [2.45, 2.75) is 210 Å². The number of hydrogen-bond acceptors (Lipinski definition) is 20. The lowest BCUT2D eigenvalue weighted by Gasteiger charge is -2.47. The summed E-state index contributed by atoms with van der Waals surface area (Å²) >= 11 is 0. The average Bonchev–Trinajstić information content (AvgIpc) is 4.01. The van der Waals surface area contributed by atoms with Crippen LogP contribution in [0.3, 0.4) is 0 Å². The number of esters is 1. The van der Waals surface area contributed by atoms with E-state index in [1.165, 1.54) is 18.7 Å². The van der Waals surface area contributed by atoms with Crippen LogP contribution in [-0.4, -0.2) is 232 Å². The van der Waals surface area contributed by atoms with Crippen molar-refractivity contribution >= 4 is 5.97 Å². The monoisotopic (exact) mass is 1160 g/mol. The Hall–Kier alpha value is -3.85. The van der Waals surface area contributed by atoms with Crippen LogP contribution in [0.2, 0.25) is 0 Å². The molecule has 1 aromatic carbocycles. The SMILES string of the molecule is CC[C@H]1OC(=O)[C@H](C)[C@@H](O[C@H]2C[C@@](C)(OC)[C@@H](O)[C@H](C)O2)C[C@@H](O[C@@H]2O[C@H](C)C[C@H](N(C)CCc3cn([C@H](CF)[C@H](OC)c4ccc(-c5ccc(OCCCN(C)C)nc5)cc4)nn3)[C@H]2O)[C@](C)(O)C[C@@H](C)CN(C)[C@H](C)[C@@H](O)[C@]1(C)O. The number of carbonyl (C=O) groups excluding carboxylic acids is 1. The molecule has 0 aliphatic carbocycles. The molecule has 0 saturated carbocycles. The Bertz CT molecular complexity index is 2410. The summed E-state index contributed by atoms with van der Waals surface area (Å²) in [5.41, 5.74) is -1.36. The van der Waals surface area contributed by atoms with Gasteiger partial charge in [-0.15, -0.1) is 5.10 Å². The Morgan fingerprint density at radius 2 is 1.60 bits per heavy atom. The highest BCUT2D eigenvalue weighted by Crippen LogP contribution is 2.39. The normalized spacial score (nSPS) is 35.7. The van der Waals surface area contributed by atoms with Crippen LogP contribution in [0.4, 0.5) is 4.39 Å². The number of methoxy groups -OCH3 is 2. The molecule has 3 aromatic rings. The van der Waals surface area contributed by atoms with Crippen LogP contribution in [0.15, 0.2) is 48.8 Å². The predicted molar refractivity (Wildman–Crippen MR) is 305 cm³/mol. The Morgan fingerprint density at radius 1 is 0.902 bits per heavy atom. The molecule has 3 aliphatic heterocycles. The minimum absolute atomic E-state index is 0.0872. The number of aliphatic hydroxyl groups excluding tert-OH is 3. The van der Waals surface area contributed by atoms with Gasteiger partial charge in [0.15, 0.2) is 12.6 Å². The van der Waals surface area contributed by atoms with E-state index in [0.29, 0.717) is 44.1 Å². The number of halogens is 1. The summed E-state index contributed by atoms with van der Waals surface area (Å²) in [6.07, 6.45) is -5.39. The number of benzene rings is 1. The number of likely N-dealkylation sites (N-methyl/N-ethyl adjacent to an activating group) is 2. The molecule has 0 bridgehead atoms. The van der Waals surface area contributed by atoms with Gasteiger partial charge in [0.05, 0.1) is 53.8 Å². The van der Waals surface area contributed by atoms with Gasteiger partial charge in [0.2, 0.25) is 5.88 Å². The van der Waals surface area contributed by atoms with E-state index in [-0.39, 0.29) is 31.6 Å². The van der Waals surface area contributed by atoms with E-state index in [0.717, 1.165) is 29.7 Å². The van der Waals surface area contributed by atoms with E-state index in [9.17, 15) is 30.3 Å². The van der Waals surface area contributed by atoms with Crippen LogP contribution in [0, 0.1) is 11.8 Å². The van der Waals surface area contributed by atoms with Crippen LogP contribution in [0.1, 0.15) is 124 Å². The van der Waals surface area contributed by atoms with Crippen LogP contribution >= 0.6 is 0 Å². The maximum absolute atomic E-state index is 15.1. The fraction of sp³-hybridized carbons (Fsp3) is 0.767. The van der Waals surface area contributed by atoms with Crippen LogP contribution < -0.4 is 4.74 Å². The third kappa shape index (κ3) is 16.8. The minimum Gasteiger partial charge on any atom is -0.478 e. The van der Waals surface area contributed by atoms with Crippen molar-refractivity contribution in [3.05, 3.63) is 60.0 Å². The zero-order valence-corrected chi connectivity index (χ0v) is 51.3. The smallest absolute Gasteiger partial charge is 0.311 e. The third-order valence-corrected chi connectivity index (χ3v) is 17.4. The van der Waals surface area contributed by atoms with Crippen molar-refractivity contribution < 1.29 is 72.6 Å². The van der Waals surface area contributed by atoms with Crippen LogP contribution in [0.5, 0.6) is 5.88 Å². The number of nitrogens with zero attached hydrogens (tertiary/aromatic N) is 7. The first-order valence-corrected chi connectivity index (χ1v) is 29.3. The molecule has 3 aliphatic rings. The van der Waals surface area contributed by atoms with Crippen molar-refractivity contribution in [3.63, 3.8) is 0 Å². The number of hydrogen-bond donors (Lipinski definition) is 5. The Morgan fingerprint density at radius 3 is 2.22 bits per heavy atom. The molecule has 6 rings (SSSR count). The van der Waals surface area contributed by atoms with E-state index in [4.69, 9.17) is 37.9 Å². The van der Waals surface area contributed by atoms with Gasteiger partial charge in [-0.25, -0.2) is 14.1 Å². The number of aromatic nitrogens is 4. The van der Waals surface area contributed by atoms with E-state index in [1.807, 2.05) is 88.2 Å². The Kier molecular flexibility index (Phi) is 24.2. The lowest BCUT2D eigenvalue weighted by Crippen LogP contribution is -2.59. The highest BCUT2D eigenvalue weighted by Gasteiger charge is 2.51. The number of carbonyl (C=O) groups is 1. The van der Waals surface area contributed by atoms with Gasteiger partial charge >= 0.3 is 5.97 Å². The van der Waals surface area contributed by atoms with Crippen molar-refractivity contribution in [2.75, 3.05) is 75.3 Å². The number of alkyl halides is 1. The molecule has 82 heavy (non-hydrogen) atoms. The summed E-state index contributed by atoms with van der Waals surface area (Å²) < 4.78 is 66.3. The molecule has 2 aromatic heterocycles. The second kappa shape index (κ2) is 29.5. The lowest BCUT2D eigenvalue weighted by atomic mass is 9.83. The second-order valence-electron chi connectivity index (χ2n) is 24.5. The highest BCUT2D eigenvalue weighted by molar-refractivity contribution is 5.73.